The lowest BCUT2D eigenvalue weighted by atomic mass is 10.1. The second-order valence-electron chi connectivity index (χ2n) is 6.55. The van der Waals surface area contributed by atoms with Crippen molar-refractivity contribution in [3.63, 3.8) is 0 Å². The number of ether oxygens (including phenoxy) is 1. The van der Waals surface area contributed by atoms with Gasteiger partial charge in [0.15, 0.2) is 5.11 Å². The van der Waals surface area contributed by atoms with E-state index in [1.54, 1.807) is 13.8 Å². The molecule has 9 heteroatoms. The molecule has 0 amide bonds. The quantitative estimate of drug-likeness (QED) is 0.300. The minimum Gasteiger partial charge on any atom is -0.462 e. The number of anilines is 2. The fourth-order valence-corrected chi connectivity index (χ4v) is 3.10. The van der Waals surface area contributed by atoms with Crippen LogP contribution >= 0.6 is 12.2 Å². The van der Waals surface area contributed by atoms with Crippen molar-refractivity contribution >= 4 is 45.8 Å². The van der Waals surface area contributed by atoms with Gasteiger partial charge in [0.1, 0.15) is 0 Å². The van der Waals surface area contributed by atoms with Crippen molar-refractivity contribution < 1.29 is 9.53 Å². The number of rotatable bonds is 7. The molecule has 0 fully saturated rings. The summed E-state index contributed by atoms with van der Waals surface area (Å²) in [7, 11) is 0. The first-order valence-electron chi connectivity index (χ1n) is 9.63. The van der Waals surface area contributed by atoms with Crippen LogP contribution in [0.15, 0.2) is 36.5 Å². The van der Waals surface area contributed by atoms with Crippen LogP contribution in [0.2, 0.25) is 0 Å². The molecule has 0 aliphatic heterocycles. The Morgan fingerprint density at radius 2 is 1.97 bits per heavy atom. The summed E-state index contributed by atoms with van der Waals surface area (Å²) in [5.74, 6) is -0.117. The Balaban J connectivity index is 1.51. The van der Waals surface area contributed by atoms with E-state index in [9.17, 15) is 4.79 Å². The van der Waals surface area contributed by atoms with Crippen LogP contribution in [0.1, 0.15) is 28.7 Å². The molecule has 0 saturated heterocycles. The topological polar surface area (TPSA) is 101 Å². The molecule has 30 heavy (non-hydrogen) atoms. The van der Waals surface area contributed by atoms with Gasteiger partial charge in [-0.25, -0.2) is 14.8 Å². The molecule has 8 nitrogen and oxygen atoms in total. The van der Waals surface area contributed by atoms with Crippen LogP contribution in [0.4, 0.5) is 11.6 Å². The lowest BCUT2D eigenvalue weighted by molar-refractivity contribution is 0.0524. The van der Waals surface area contributed by atoms with Gasteiger partial charge < -0.3 is 20.7 Å². The number of esters is 1. The third kappa shape index (κ3) is 5.38. The Labute approximate surface area is 180 Å². The number of carbonyl (C=O) groups excluding carboxylic acids is 1. The average molecular weight is 425 g/mol. The number of fused-ring (bicyclic) bond motifs is 1. The maximum atomic E-state index is 11.8. The molecule has 0 radical (unpaired) electrons. The highest BCUT2D eigenvalue weighted by Crippen LogP contribution is 2.22. The van der Waals surface area contributed by atoms with E-state index < -0.39 is 5.97 Å². The van der Waals surface area contributed by atoms with Crippen molar-refractivity contribution in [1.29, 1.82) is 0 Å². The predicted molar refractivity (Wildman–Crippen MR) is 122 cm³/mol. The number of nitrogens with one attached hydrogen (secondary N) is 3. The van der Waals surface area contributed by atoms with Crippen molar-refractivity contribution in [2.45, 2.75) is 20.8 Å². The van der Waals surface area contributed by atoms with Crippen LogP contribution in [0.3, 0.4) is 0 Å². The van der Waals surface area contributed by atoms with Crippen LogP contribution in [0.25, 0.3) is 10.9 Å². The summed E-state index contributed by atoms with van der Waals surface area (Å²) in [6.45, 7) is 7.01. The van der Waals surface area contributed by atoms with Crippen molar-refractivity contribution in [2.24, 2.45) is 0 Å². The Morgan fingerprint density at radius 1 is 1.17 bits per heavy atom. The Kier molecular flexibility index (Phi) is 7.08. The van der Waals surface area contributed by atoms with Crippen LogP contribution < -0.4 is 16.0 Å². The van der Waals surface area contributed by atoms with E-state index in [1.165, 1.54) is 6.20 Å². The zero-order chi connectivity index (χ0) is 21.5. The fraction of sp³-hybridized carbons (Fsp3) is 0.286. The SMILES string of the molecule is CCOC(=O)c1cnc(NC(=S)NCCNc2cc(C)nc3ccccc23)nc1C. The molecule has 3 aromatic rings. The second kappa shape index (κ2) is 9.93. The maximum Gasteiger partial charge on any atom is 0.341 e. The summed E-state index contributed by atoms with van der Waals surface area (Å²) in [4.78, 5) is 24.8. The molecule has 2 aromatic heterocycles. The minimum atomic E-state index is -0.438. The molecule has 156 valence electrons. The van der Waals surface area contributed by atoms with Crippen molar-refractivity contribution in [2.75, 3.05) is 30.3 Å². The molecular formula is C21H24N6O2S. The average Bonchev–Trinajstić information content (AvgIpc) is 2.71. The van der Waals surface area contributed by atoms with E-state index in [1.807, 2.05) is 37.3 Å². The first-order chi connectivity index (χ1) is 14.5. The number of aryl methyl sites for hydroxylation is 2. The Morgan fingerprint density at radius 3 is 2.73 bits per heavy atom. The number of aromatic nitrogens is 3. The molecule has 3 rings (SSSR count). The standard InChI is InChI=1S/C21H24N6O2S/c1-4-29-19(28)16-12-24-20(26-14(16)3)27-21(30)23-10-9-22-18-11-13(2)25-17-8-6-5-7-15(17)18/h5-8,11-12H,4,9-10H2,1-3H3,(H,22,25)(H2,23,24,26,27,30). The molecule has 0 bridgehead atoms. The van der Waals surface area contributed by atoms with E-state index in [2.05, 4.69) is 30.9 Å². The number of carbonyl (C=O) groups is 1. The van der Waals surface area contributed by atoms with Gasteiger partial charge >= 0.3 is 5.97 Å². The third-order valence-corrected chi connectivity index (χ3v) is 4.52. The molecule has 0 aliphatic carbocycles. The molecular weight excluding hydrogens is 400 g/mol. The van der Waals surface area contributed by atoms with E-state index in [0.717, 1.165) is 22.3 Å². The molecule has 0 aliphatic rings. The number of para-hydroxylation sites is 1. The van der Waals surface area contributed by atoms with Gasteiger partial charge in [0.05, 0.1) is 23.4 Å². The first kappa shape index (κ1) is 21.4. The van der Waals surface area contributed by atoms with Crippen LogP contribution in [-0.2, 0) is 4.74 Å². The molecule has 1 aromatic carbocycles. The van der Waals surface area contributed by atoms with Crippen molar-refractivity contribution in [1.82, 2.24) is 20.3 Å². The van der Waals surface area contributed by atoms with Crippen LogP contribution in [0, 0.1) is 13.8 Å². The number of thiocarbonyl (C=S) groups is 1. The second-order valence-corrected chi connectivity index (χ2v) is 6.96. The zero-order valence-electron chi connectivity index (χ0n) is 17.2. The molecule has 0 saturated carbocycles. The van der Waals surface area contributed by atoms with Gasteiger partial charge in [-0.15, -0.1) is 0 Å². The molecule has 0 spiro atoms. The molecule has 2 heterocycles. The van der Waals surface area contributed by atoms with Gasteiger partial charge in [-0.05, 0) is 45.1 Å². The zero-order valence-corrected chi connectivity index (χ0v) is 18.0. The molecule has 0 atom stereocenters. The van der Waals surface area contributed by atoms with Crippen molar-refractivity contribution in [3.8, 4) is 0 Å². The summed E-state index contributed by atoms with van der Waals surface area (Å²) < 4.78 is 4.98. The first-order valence-corrected chi connectivity index (χ1v) is 10.0. The third-order valence-electron chi connectivity index (χ3n) is 4.27. The summed E-state index contributed by atoms with van der Waals surface area (Å²) in [6, 6.07) is 10.0. The Hall–Kier alpha value is -3.33. The normalized spacial score (nSPS) is 10.5. The Bertz CT molecular complexity index is 1070. The van der Waals surface area contributed by atoms with Gasteiger partial charge in [-0.1, -0.05) is 18.2 Å². The summed E-state index contributed by atoms with van der Waals surface area (Å²) in [5, 5.41) is 10.9. The highest BCUT2D eigenvalue weighted by atomic mass is 32.1. The van der Waals surface area contributed by atoms with Gasteiger partial charge in [0.2, 0.25) is 5.95 Å². The highest BCUT2D eigenvalue weighted by molar-refractivity contribution is 7.80. The van der Waals surface area contributed by atoms with Crippen LogP contribution in [0.5, 0.6) is 0 Å². The maximum absolute atomic E-state index is 11.8. The van der Waals surface area contributed by atoms with Gasteiger partial charge in [0.25, 0.3) is 0 Å². The number of hydrogen-bond acceptors (Lipinski definition) is 7. The van der Waals surface area contributed by atoms with E-state index in [4.69, 9.17) is 17.0 Å². The highest BCUT2D eigenvalue weighted by Gasteiger charge is 2.13. The van der Waals surface area contributed by atoms with E-state index >= 15 is 0 Å². The van der Waals surface area contributed by atoms with Gasteiger partial charge in [0, 0.05) is 36.1 Å². The number of benzene rings is 1. The van der Waals surface area contributed by atoms with Crippen LogP contribution in [-0.4, -0.2) is 45.7 Å². The van der Waals surface area contributed by atoms with E-state index in [-0.39, 0.29) is 0 Å². The number of nitrogens with zero attached hydrogens (tertiary/aromatic N) is 3. The smallest absolute Gasteiger partial charge is 0.341 e. The summed E-state index contributed by atoms with van der Waals surface area (Å²) in [5.41, 5.74) is 3.82. The summed E-state index contributed by atoms with van der Waals surface area (Å²) in [6.07, 6.45) is 1.43. The van der Waals surface area contributed by atoms with Crippen molar-refractivity contribution in [3.05, 3.63) is 53.5 Å². The monoisotopic (exact) mass is 424 g/mol. The largest absolute Gasteiger partial charge is 0.462 e. The lowest BCUT2D eigenvalue weighted by Gasteiger charge is -2.13. The predicted octanol–water partition coefficient (Wildman–Crippen LogP) is 3.22. The lowest BCUT2D eigenvalue weighted by Crippen LogP contribution is -2.33. The fourth-order valence-electron chi connectivity index (χ4n) is 2.91. The van der Waals surface area contributed by atoms with E-state index in [0.29, 0.717) is 42.0 Å². The summed E-state index contributed by atoms with van der Waals surface area (Å²) >= 11 is 5.30. The molecule has 3 N–H and O–H groups in total. The minimum absolute atomic E-state index is 0.301. The molecule has 0 unspecified atom stereocenters. The van der Waals surface area contributed by atoms with Gasteiger partial charge in [-0.2, -0.15) is 0 Å². The number of hydrogen-bond donors (Lipinski definition) is 3. The van der Waals surface area contributed by atoms with Gasteiger partial charge in [-0.3, -0.25) is 4.98 Å². The number of pyridine rings is 1.